The molecule has 0 amide bonds. The van der Waals surface area contributed by atoms with Gasteiger partial charge in [0.05, 0.1) is 19.0 Å². The van der Waals surface area contributed by atoms with Crippen molar-refractivity contribution >= 4 is 33.1 Å². The van der Waals surface area contributed by atoms with E-state index in [-0.39, 0.29) is 18.9 Å². The van der Waals surface area contributed by atoms with Crippen molar-refractivity contribution in [1.82, 2.24) is 19.5 Å². The molecule has 3 aromatic rings. The third-order valence-corrected chi connectivity index (χ3v) is 4.97. The zero-order valence-electron chi connectivity index (χ0n) is 14.0. The van der Waals surface area contributed by atoms with Gasteiger partial charge >= 0.3 is 10.3 Å². The molecule has 1 aliphatic heterocycles. The van der Waals surface area contributed by atoms with Gasteiger partial charge in [-0.2, -0.15) is 8.42 Å². The number of benzene rings is 1. The van der Waals surface area contributed by atoms with E-state index in [0.29, 0.717) is 34.7 Å². The predicted molar refractivity (Wildman–Crippen MR) is 98.0 cm³/mol. The van der Waals surface area contributed by atoms with Crippen molar-refractivity contribution < 1.29 is 17.3 Å². The largest absolute Gasteiger partial charge is 0.352 e. The second kappa shape index (κ2) is 7.13. The molecule has 3 heterocycles. The molecule has 2 N–H and O–H groups in total. The van der Waals surface area contributed by atoms with E-state index >= 15 is 0 Å². The Kier molecular flexibility index (Phi) is 4.82. The molecule has 4 rings (SSSR count). The predicted octanol–water partition coefficient (Wildman–Crippen LogP) is 2.04. The van der Waals surface area contributed by atoms with E-state index in [1.54, 1.807) is 12.4 Å². The Morgan fingerprint density at radius 3 is 2.93 bits per heavy atom. The molecule has 0 unspecified atom stereocenters. The highest BCUT2D eigenvalue weighted by atomic mass is 35.5. The molecule has 1 fully saturated rings. The van der Waals surface area contributed by atoms with Crippen LogP contribution in [0, 0.1) is 0 Å². The monoisotopic (exact) mass is 409 g/mol. The van der Waals surface area contributed by atoms with Crippen LogP contribution in [0.4, 0.5) is 0 Å². The van der Waals surface area contributed by atoms with E-state index in [1.807, 2.05) is 22.8 Å². The SMILES string of the molecule is NS(=O)(=O)OC[C@@H]1CC[C@H](n2cnc3c(-c4cccc(Cl)c4)ncnc32)O1. The Morgan fingerprint density at radius 1 is 1.30 bits per heavy atom. The number of nitrogens with zero attached hydrogens (tertiary/aromatic N) is 4. The van der Waals surface area contributed by atoms with E-state index in [4.69, 9.17) is 21.5 Å². The lowest BCUT2D eigenvalue weighted by molar-refractivity contribution is -0.0149. The molecule has 0 radical (unpaired) electrons. The first kappa shape index (κ1) is 18.3. The molecule has 142 valence electrons. The fourth-order valence-electron chi connectivity index (χ4n) is 3.09. The van der Waals surface area contributed by atoms with Crippen molar-refractivity contribution in [3.05, 3.63) is 41.9 Å². The summed E-state index contributed by atoms with van der Waals surface area (Å²) >= 11 is 6.08. The fourth-order valence-corrected chi connectivity index (χ4v) is 3.63. The van der Waals surface area contributed by atoms with Crippen LogP contribution < -0.4 is 5.14 Å². The number of ether oxygens (including phenoxy) is 1. The lowest BCUT2D eigenvalue weighted by Gasteiger charge is -2.15. The molecule has 0 bridgehead atoms. The summed E-state index contributed by atoms with van der Waals surface area (Å²) in [6.45, 7) is -0.120. The molecule has 0 saturated carbocycles. The van der Waals surface area contributed by atoms with Gasteiger partial charge in [-0.3, -0.25) is 8.75 Å². The fraction of sp³-hybridized carbons (Fsp3) is 0.312. The third-order valence-electron chi connectivity index (χ3n) is 4.27. The Bertz CT molecular complexity index is 1090. The Morgan fingerprint density at radius 2 is 2.15 bits per heavy atom. The Balaban J connectivity index is 1.60. The number of imidazole rings is 1. The maximum absolute atomic E-state index is 10.9. The summed E-state index contributed by atoms with van der Waals surface area (Å²) in [5.74, 6) is 0. The van der Waals surface area contributed by atoms with Crippen LogP contribution in [0.5, 0.6) is 0 Å². The summed E-state index contributed by atoms with van der Waals surface area (Å²) < 4.78 is 34.1. The van der Waals surface area contributed by atoms with Crippen molar-refractivity contribution in [2.45, 2.75) is 25.2 Å². The second-order valence-corrected chi connectivity index (χ2v) is 7.78. The number of halogens is 1. The van der Waals surface area contributed by atoms with Gasteiger partial charge in [-0.1, -0.05) is 23.7 Å². The summed E-state index contributed by atoms with van der Waals surface area (Å²) in [5.41, 5.74) is 2.77. The first-order valence-electron chi connectivity index (χ1n) is 8.17. The molecule has 1 saturated heterocycles. The van der Waals surface area contributed by atoms with Crippen LogP contribution in [-0.2, 0) is 19.2 Å². The first-order chi connectivity index (χ1) is 12.9. The summed E-state index contributed by atoms with van der Waals surface area (Å²) in [6, 6.07) is 7.35. The summed E-state index contributed by atoms with van der Waals surface area (Å²) in [5, 5.41) is 5.46. The molecule has 11 heteroatoms. The van der Waals surface area contributed by atoms with Gasteiger partial charge in [0.1, 0.15) is 23.8 Å². The molecule has 1 aromatic carbocycles. The average Bonchev–Trinajstić information content (AvgIpc) is 3.25. The zero-order valence-corrected chi connectivity index (χ0v) is 15.6. The summed E-state index contributed by atoms with van der Waals surface area (Å²) in [7, 11) is -3.99. The topological polar surface area (TPSA) is 122 Å². The molecule has 27 heavy (non-hydrogen) atoms. The Hall–Kier alpha value is -2.11. The van der Waals surface area contributed by atoms with Gasteiger partial charge in [-0.25, -0.2) is 20.1 Å². The molecule has 0 aliphatic carbocycles. The molecule has 0 spiro atoms. The van der Waals surface area contributed by atoms with Crippen molar-refractivity contribution in [3.63, 3.8) is 0 Å². The van der Waals surface area contributed by atoms with Crippen molar-refractivity contribution in [3.8, 4) is 11.3 Å². The number of fused-ring (bicyclic) bond motifs is 1. The third kappa shape index (κ3) is 3.94. The normalized spacial score (nSPS) is 20.4. The van der Waals surface area contributed by atoms with Crippen molar-refractivity contribution in [2.75, 3.05) is 6.61 Å². The van der Waals surface area contributed by atoms with Gasteiger partial charge in [0, 0.05) is 10.6 Å². The van der Waals surface area contributed by atoms with Crippen LogP contribution >= 0.6 is 11.6 Å². The van der Waals surface area contributed by atoms with Crippen LogP contribution in [0.2, 0.25) is 5.02 Å². The maximum atomic E-state index is 10.9. The Labute approximate surface area is 160 Å². The minimum Gasteiger partial charge on any atom is -0.352 e. The average molecular weight is 410 g/mol. The van der Waals surface area contributed by atoms with E-state index < -0.39 is 10.3 Å². The van der Waals surface area contributed by atoms with Gasteiger partial charge in [0.15, 0.2) is 5.65 Å². The van der Waals surface area contributed by atoms with Gasteiger partial charge in [-0.05, 0) is 25.0 Å². The van der Waals surface area contributed by atoms with E-state index in [2.05, 4.69) is 19.1 Å². The van der Waals surface area contributed by atoms with Crippen LogP contribution in [0.15, 0.2) is 36.9 Å². The van der Waals surface area contributed by atoms with Crippen molar-refractivity contribution in [2.24, 2.45) is 5.14 Å². The standard InChI is InChI=1S/C16H16ClN5O4S/c17-11-3-1-2-10(6-11)14-15-16(20-8-19-14)22(9-21-15)13-5-4-12(26-13)7-25-27(18,23)24/h1-3,6,8-9,12-13H,4-5,7H2,(H2,18,23,24)/t12-,13+/m0/s1. The molecular formula is C16H16ClN5O4S. The van der Waals surface area contributed by atoms with Gasteiger partial charge < -0.3 is 4.74 Å². The van der Waals surface area contributed by atoms with Gasteiger partial charge in [0.2, 0.25) is 0 Å². The smallest absolute Gasteiger partial charge is 0.333 e. The minimum atomic E-state index is -3.99. The number of aromatic nitrogens is 4. The van der Waals surface area contributed by atoms with Crippen molar-refractivity contribution in [1.29, 1.82) is 0 Å². The molecule has 9 nitrogen and oxygen atoms in total. The zero-order chi connectivity index (χ0) is 19.0. The van der Waals surface area contributed by atoms with Gasteiger partial charge in [0.25, 0.3) is 0 Å². The number of nitrogens with two attached hydrogens (primary N) is 1. The van der Waals surface area contributed by atoms with E-state index in [9.17, 15) is 8.42 Å². The molecule has 2 atom stereocenters. The summed E-state index contributed by atoms with van der Waals surface area (Å²) in [4.78, 5) is 13.1. The number of rotatable bonds is 5. The highest BCUT2D eigenvalue weighted by Crippen LogP contribution is 2.33. The molecular weight excluding hydrogens is 394 g/mol. The summed E-state index contributed by atoms with van der Waals surface area (Å²) in [6.07, 6.45) is 3.70. The highest BCUT2D eigenvalue weighted by molar-refractivity contribution is 7.84. The van der Waals surface area contributed by atoms with Gasteiger partial charge in [-0.15, -0.1) is 0 Å². The van der Waals surface area contributed by atoms with Crippen LogP contribution in [0.25, 0.3) is 22.4 Å². The van der Waals surface area contributed by atoms with E-state index in [1.165, 1.54) is 6.33 Å². The number of hydrogen-bond donors (Lipinski definition) is 1. The van der Waals surface area contributed by atoms with Crippen LogP contribution in [0.1, 0.15) is 19.1 Å². The number of hydrogen-bond acceptors (Lipinski definition) is 7. The lowest BCUT2D eigenvalue weighted by atomic mass is 10.1. The van der Waals surface area contributed by atoms with E-state index in [0.717, 1.165) is 5.56 Å². The minimum absolute atomic E-state index is 0.120. The quantitative estimate of drug-likeness (QED) is 0.684. The highest BCUT2D eigenvalue weighted by Gasteiger charge is 2.29. The maximum Gasteiger partial charge on any atom is 0.333 e. The molecule has 2 aromatic heterocycles. The molecule has 1 aliphatic rings. The lowest BCUT2D eigenvalue weighted by Crippen LogP contribution is -2.23. The van der Waals surface area contributed by atoms with Crippen LogP contribution in [0.3, 0.4) is 0 Å². The first-order valence-corrected chi connectivity index (χ1v) is 10.0. The second-order valence-electron chi connectivity index (χ2n) is 6.12. The van der Waals surface area contributed by atoms with Crippen LogP contribution in [-0.4, -0.2) is 40.6 Å².